The van der Waals surface area contributed by atoms with Gasteiger partial charge in [0.05, 0.1) is 12.3 Å². The van der Waals surface area contributed by atoms with Crippen molar-refractivity contribution in [2.45, 2.75) is 6.92 Å². The van der Waals surface area contributed by atoms with E-state index in [2.05, 4.69) is 21.2 Å². The van der Waals surface area contributed by atoms with Crippen LogP contribution in [0.4, 0.5) is 21.5 Å². The lowest BCUT2D eigenvalue weighted by atomic mass is 10.2. The van der Waals surface area contributed by atoms with Crippen molar-refractivity contribution in [3.8, 4) is 5.75 Å². The molecule has 0 heterocycles. The van der Waals surface area contributed by atoms with Crippen LogP contribution in [0.1, 0.15) is 6.92 Å². The zero-order valence-electron chi connectivity index (χ0n) is 10.4. The third kappa shape index (κ3) is 3.61. The fraction of sp³-hybridized carbons (Fsp3) is 0.143. The number of hydrogen-bond donors (Lipinski definition) is 2. The van der Waals surface area contributed by atoms with Crippen molar-refractivity contribution >= 4 is 33.0 Å². The molecule has 0 aromatic heterocycles. The fourth-order valence-electron chi connectivity index (χ4n) is 1.69. The molecule has 19 heavy (non-hydrogen) atoms. The van der Waals surface area contributed by atoms with Crippen molar-refractivity contribution in [2.75, 3.05) is 17.7 Å². The van der Waals surface area contributed by atoms with Crippen molar-refractivity contribution in [2.24, 2.45) is 0 Å². The van der Waals surface area contributed by atoms with Gasteiger partial charge < -0.3 is 15.8 Å². The lowest BCUT2D eigenvalue weighted by Crippen LogP contribution is -1.97. The van der Waals surface area contributed by atoms with Crippen LogP contribution in [0.15, 0.2) is 40.9 Å². The van der Waals surface area contributed by atoms with Gasteiger partial charge in [0.15, 0.2) is 0 Å². The molecule has 5 heteroatoms. The predicted molar refractivity (Wildman–Crippen MR) is 79.4 cm³/mol. The summed E-state index contributed by atoms with van der Waals surface area (Å²) in [7, 11) is 0. The molecule has 3 nitrogen and oxygen atoms in total. The number of rotatable bonds is 4. The van der Waals surface area contributed by atoms with Crippen LogP contribution in [0.25, 0.3) is 0 Å². The molecule has 0 fully saturated rings. The van der Waals surface area contributed by atoms with Crippen molar-refractivity contribution in [3.63, 3.8) is 0 Å². The first kappa shape index (κ1) is 13.7. The first-order valence-corrected chi connectivity index (χ1v) is 6.63. The second kappa shape index (κ2) is 5.93. The highest BCUT2D eigenvalue weighted by atomic mass is 79.9. The highest BCUT2D eigenvalue weighted by molar-refractivity contribution is 9.10. The summed E-state index contributed by atoms with van der Waals surface area (Å²) >= 11 is 3.31. The third-order valence-electron chi connectivity index (χ3n) is 2.45. The Morgan fingerprint density at radius 2 is 2.05 bits per heavy atom. The Labute approximate surface area is 119 Å². The quantitative estimate of drug-likeness (QED) is 0.824. The van der Waals surface area contributed by atoms with E-state index in [4.69, 9.17) is 10.5 Å². The van der Waals surface area contributed by atoms with Gasteiger partial charge in [-0.15, -0.1) is 0 Å². The SMILES string of the molecule is CCOc1cc(N)cc(Nc2ccc(F)cc2Br)c1. The van der Waals surface area contributed by atoms with Crippen LogP contribution in [-0.4, -0.2) is 6.61 Å². The second-order valence-corrected chi connectivity index (χ2v) is 4.83. The molecule has 0 bridgehead atoms. The number of anilines is 3. The van der Waals surface area contributed by atoms with Crippen LogP contribution >= 0.6 is 15.9 Å². The number of hydrogen-bond acceptors (Lipinski definition) is 3. The molecular formula is C14H14BrFN2O. The minimum Gasteiger partial charge on any atom is -0.494 e. The molecule has 3 N–H and O–H groups in total. The van der Waals surface area contributed by atoms with Gasteiger partial charge in [-0.3, -0.25) is 0 Å². The van der Waals surface area contributed by atoms with E-state index >= 15 is 0 Å². The number of nitrogens with two attached hydrogens (primary N) is 1. The summed E-state index contributed by atoms with van der Waals surface area (Å²) in [5.41, 5.74) is 7.96. The Hall–Kier alpha value is -1.75. The number of nitrogens with one attached hydrogen (secondary N) is 1. The molecule has 0 amide bonds. The van der Waals surface area contributed by atoms with Crippen LogP contribution < -0.4 is 15.8 Å². The molecule has 0 aliphatic carbocycles. The third-order valence-corrected chi connectivity index (χ3v) is 3.11. The Bertz CT molecular complexity index is 590. The highest BCUT2D eigenvalue weighted by Crippen LogP contribution is 2.29. The zero-order valence-corrected chi connectivity index (χ0v) is 12.0. The van der Waals surface area contributed by atoms with Gasteiger partial charge in [-0.25, -0.2) is 4.39 Å². The number of nitrogen functional groups attached to an aromatic ring is 1. The predicted octanol–water partition coefficient (Wildman–Crippen LogP) is 4.31. The maximum absolute atomic E-state index is 13.0. The van der Waals surface area contributed by atoms with Crippen LogP contribution in [0.3, 0.4) is 0 Å². The molecule has 2 rings (SSSR count). The van der Waals surface area contributed by atoms with Gasteiger partial charge in [-0.1, -0.05) is 0 Å². The van der Waals surface area contributed by atoms with Gasteiger partial charge in [-0.2, -0.15) is 0 Å². The molecule has 0 aliphatic rings. The molecule has 0 spiro atoms. The zero-order chi connectivity index (χ0) is 13.8. The molecule has 100 valence electrons. The minimum absolute atomic E-state index is 0.292. The number of ether oxygens (including phenoxy) is 1. The summed E-state index contributed by atoms with van der Waals surface area (Å²) < 4.78 is 19.1. The molecule has 2 aromatic carbocycles. The monoisotopic (exact) mass is 324 g/mol. The number of benzene rings is 2. The van der Waals surface area contributed by atoms with Gasteiger partial charge in [0, 0.05) is 28.0 Å². The van der Waals surface area contributed by atoms with Crippen LogP contribution in [0, 0.1) is 5.82 Å². The van der Waals surface area contributed by atoms with Crippen molar-refractivity contribution < 1.29 is 9.13 Å². The summed E-state index contributed by atoms with van der Waals surface area (Å²) in [6.45, 7) is 2.48. The molecule has 2 aromatic rings. The summed E-state index contributed by atoms with van der Waals surface area (Å²) in [5.74, 6) is 0.406. The molecule has 0 aliphatic heterocycles. The summed E-state index contributed by atoms with van der Waals surface area (Å²) in [5, 5.41) is 3.17. The lowest BCUT2D eigenvalue weighted by Gasteiger charge is -2.11. The first-order valence-electron chi connectivity index (χ1n) is 5.84. The standard InChI is InChI=1S/C14H14BrFN2O/c1-2-19-12-7-10(17)6-11(8-12)18-14-4-3-9(16)5-13(14)15/h3-8,18H,2,17H2,1H3. The van der Waals surface area contributed by atoms with Gasteiger partial charge >= 0.3 is 0 Å². The Morgan fingerprint density at radius 1 is 1.26 bits per heavy atom. The van der Waals surface area contributed by atoms with E-state index in [1.54, 1.807) is 18.2 Å². The Kier molecular flexibility index (Phi) is 4.27. The van der Waals surface area contributed by atoms with E-state index in [-0.39, 0.29) is 5.82 Å². The molecule has 0 atom stereocenters. The van der Waals surface area contributed by atoms with Gasteiger partial charge in [0.2, 0.25) is 0 Å². The van der Waals surface area contributed by atoms with Crippen LogP contribution in [-0.2, 0) is 0 Å². The summed E-state index contributed by atoms with van der Waals surface area (Å²) in [4.78, 5) is 0. The van der Waals surface area contributed by atoms with Crippen LogP contribution in [0.2, 0.25) is 0 Å². The van der Waals surface area contributed by atoms with E-state index < -0.39 is 0 Å². The van der Waals surface area contributed by atoms with Crippen molar-refractivity contribution in [1.29, 1.82) is 0 Å². The molecule has 0 saturated heterocycles. The average Bonchev–Trinajstić information content (AvgIpc) is 2.32. The number of halogens is 2. The van der Waals surface area contributed by atoms with Gasteiger partial charge in [0.1, 0.15) is 11.6 Å². The topological polar surface area (TPSA) is 47.3 Å². The van der Waals surface area contributed by atoms with Crippen molar-refractivity contribution in [3.05, 3.63) is 46.7 Å². The maximum Gasteiger partial charge on any atom is 0.124 e. The molecule has 0 saturated carbocycles. The van der Waals surface area contributed by atoms with Gasteiger partial charge in [0.25, 0.3) is 0 Å². The van der Waals surface area contributed by atoms with E-state index in [1.165, 1.54) is 12.1 Å². The first-order chi connectivity index (χ1) is 9.08. The molecular weight excluding hydrogens is 311 g/mol. The smallest absolute Gasteiger partial charge is 0.124 e. The largest absolute Gasteiger partial charge is 0.494 e. The van der Waals surface area contributed by atoms with E-state index in [0.717, 1.165) is 11.4 Å². The molecule has 0 unspecified atom stereocenters. The Balaban J connectivity index is 2.27. The minimum atomic E-state index is -0.292. The van der Waals surface area contributed by atoms with E-state index in [0.29, 0.717) is 22.5 Å². The highest BCUT2D eigenvalue weighted by Gasteiger charge is 2.04. The lowest BCUT2D eigenvalue weighted by molar-refractivity contribution is 0.340. The maximum atomic E-state index is 13.0. The van der Waals surface area contributed by atoms with Crippen LogP contribution in [0.5, 0.6) is 5.75 Å². The van der Waals surface area contributed by atoms with Crippen molar-refractivity contribution in [1.82, 2.24) is 0 Å². The molecule has 0 radical (unpaired) electrons. The Morgan fingerprint density at radius 3 is 2.74 bits per heavy atom. The fourth-order valence-corrected chi connectivity index (χ4v) is 2.14. The van der Waals surface area contributed by atoms with Gasteiger partial charge in [-0.05, 0) is 47.1 Å². The summed E-state index contributed by atoms with van der Waals surface area (Å²) in [6, 6.07) is 9.84. The normalized spacial score (nSPS) is 10.3. The second-order valence-electron chi connectivity index (χ2n) is 3.97. The average molecular weight is 325 g/mol. The van der Waals surface area contributed by atoms with E-state index in [9.17, 15) is 4.39 Å². The summed E-state index contributed by atoms with van der Waals surface area (Å²) in [6.07, 6.45) is 0. The van der Waals surface area contributed by atoms with E-state index in [1.807, 2.05) is 13.0 Å².